The maximum absolute atomic E-state index is 12.1. The predicted molar refractivity (Wildman–Crippen MR) is 95.7 cm³/mol. The van der Waals surface area contributed by atoms with E-state index in [4.69, 9.17) is 19.0 Å². The van der Waals surface area contributed by atoms with Gasteiger partial charge in [0.15, 0.2) is 0 Å². The van der Waals surface area contributed by atoms with E-state index in [0.717, 1.165) is 11.3 Å². The molecule has 0 heterocycles. The summed E-state index contributed by atoms with van der Waals surface area (Å²) in [4.78, 5) is 29.7. The molecule has 1 unspecified atom stereocenters. The maximum atomic E-state index is 12.1. The highest BCUT2D eigenvalue weighted by Crippen LogP contribution is 2.20. The normalized spacial score (nSPS) is 12.1. The molecule has 0 fully saturated rings. The molecular weight excluding hydrogens is 340 g/mol. The van der Waals surface area contributed by atoms with Gasteiger partial charge in [-0.05, 0) is 45.7 Å². The fraction of sp³-hybridized carbons (Fsp3) is 0.556. The summed E-state index contributed by atoms with van der Waals surface area (Å²) in [5.74, 6) is 0.769. The molecule has 1 N–H and O–H groups in total. The van der Waals surface area contributed by atoms with Crippen molar-refractivity contribution in [3.05, 3.63) is 29.8 Å². The highest BCUT2D eigenvalue weighted by Gasteiger charge is 2.19. The van der Waals surface area contributed by atoms with Gasteiger partial charge in [-0.2, -0.15) is 5.48 Å². The number of hydrogen-bond donors (Lipinski definition) is 1. The molecule has 0 radical (unpaired) electrons. The Kier molecular flexibility index (Phi) is 8.18. The number of carbonyl (C=O) groups excluding carboxylic acids is 2. The van der Waals surface area contributed by atoms with E-state index in [2.05, 4.69) is 0 Å². The minimum atomic E-state index is -0.758. The van der Waals surface area contributed by atoms with Crippen molar-refractivity contribution >= 4 is 12.2 Å². The van der Waals surface area contributed by atoms with Crippen molar-refractivity contribution in [3.8, 4) is 5.75 Å². The number of amides is 2. The van der Waals surface area contributed by atoms with E-state index in [1.165, 1.54) is 4.90 Å². The lowest BCUT2D eigenvalue weighted by Gasteiger charge is -2.25. The van der Waals surface area contributed by atoms with E-state index >= 15 is 0 Å². The van der Waals surface area contributed by atoms with Crippen LogP contribution in [0.4, 0.5) is 9.59 Å². The zero-order chi connectivity index (χ0) is 19.7. The lowest BCUT2D eigenvalue weighted by molar-refractivity contribution is -0.0786. The minimum Gasteiger partial charge on any atom is -0.496 e. The van der Waals surface area contributed by atoms with Crippen LogP contribution in [0.2, 0.25) is 0 Å². The first-order chi connectivity index (χ1) is 12.1. The molecule has 0 saturated heterocycles. The minimum absolute atomic E-state index is 0.127. The fourth-order valence-electron chi connectivity index (χ4n) is 2.08. The highest BCUT2D eigenvalue weighted by molar-refractivity contribution is 5.68. The van der Waals surface area contributed by atoms with E-state index in [9.17, 15) is 9.59 Å². The first-order valence-corrected chi connectivity index (χ1v) is 8.26. The van der Waals surface area contributed by atoms with Crippen LogP contribution in [0.1, 0.15) is 33.3 Å². The molecular formula is C18H28N2O6. The van der Waals surface area contributed by atoms with E-state index in [-0.39, 0.29) is 6.04 Å². The largest absolute Gasteiger partial charge is 0.496 e. The Bertz CT molecular complexity index is 600. The number of carbonyl (C=O) groups is 2. The molecule has 1 rings (SSSR count). The Balaban J connectivity index is 2.39. The molecule has 0 bridgehead atoms. The van der Waals surface area contributed by atoms with E-state index in [0.29, 0.717) is 6.42 Å². The van der Waals surface area contributed by atoms with Crippen LogP contribution in [0.5, 0.6) is 5.75 Å². The number of nitrogens with zero attached hydrogens (tertiary/aromatic N) is 1. The summed E-state index contributed by atoms with van der Waals surface area (Å²) in [5, 5.41) is 0. The molecule has 26 heavy (non-hydrogen) atoms. The summed E-state index contributed by atoms with van der Waals surface area (Å²) in [5.41, 5.74) is 2.39. The van der Waals surface area contributed by atoms with Crippen LogP contribution >= 0.6 is 0 Å². The summed E-state index contributed by atoms with van der Waals surface area (Å²) < 4.78 is 15.3. The number of benzene rings is 1. The summed E-state index contributed by atoms with van der Waals surface area (Å²) >= 11 is 0. The molecule has 0 spiro atoms. The molecule has 1 aromatic carbocycles. The van der Waals surface area contributed by atoms with Crippen molar-refractivity contribution in [1.82, 2.24) is 10.4 Å². The number of methoxy groups -OCH3 is 1. The van der Waals surface area contributed by atoms with Crippen LogP contribution in [0, 0.1) is 0 Å². The molecule has 0 aliphatic heterocycles. The fourth-order valence-corrected chi connectivity index (χ4v) is 2.08. The van der Waals surface area contributed by atoms with Crippen molar-refractivity contribution in [3.63, 3.8) is 0 Å². The monoisotopic (exact) mass is 368 g/mol. The Labute approximate surface area is 154 Å². The topological polar surface area (TPSA) is 86.3 Å². The van der Waals surface area contributed by atoms with Gasteiger partial charge in [-0.15, -0.1) is 0 Å². The number of rotatable bonds is 7. The summed E-state index contributed by atoms with van der Waals surface area (Å²) in [6.45, 7) is 6.65. The zero-order valence-electron chi connectivity index (χ0n) is 16.2. The lowest BCUT2D eigenvalue weighted by atomic mass is 10.1. The van der Waals surface area contributed by atoms with Crippen LogP contribution in [0.3, 0.4) is 0 Å². The van der Waals surface area contributed by atoms with Crippen LogP contribution in [0.25, 0.3) is 0 Å². The Morgan fingerprint density at radius 1 is 1.23 bits per heavy atom. The predicted octanol–water partition coefficient (Wildman–Crippen LogP) is 3.11. The van der Waals surface area contributed by atoms with Gasteiger partial charge in [0, 0.05) is 13.1 Å². The number of hydrogen-bond acceptors (Lipinski definition) is 6. The third kappa shape index (κ3) is 7.60. The van der Waals surface area contributed by atoms with Gasteiger partial charge in [0.05, 0.1) is 7.11 Å². The van der Waals surface area contributed by atoms with Gasteiger partial charge in [0.1, 0.15) is 11.4 Å². The summed E-state index contributed by atoms with van der Waals surface area (Å²) in [7, 11) is 3.24. The first-order valence-electron chi connectivity index (χ1n) is 8.26. The second-order valence-corrected chi connectivity index (χ2v) is 6.75. The molecule has 146 valence electrons. The SMILES string of the molecule is COc1ccccc1CC(C)N(C)C(=O)OCONC(=O)OC(C)(C)C. The van der Waals surface area contributed by atoms with Gasteiger partial charge in [0.2, 0.25) is 6.79 Å². The number of ether oxygens (including phenoxy) is 3. The second-order valence-electron chi connectivity index (χ2n) is 6.75. The van der Waals surface area contributed by atoms with Crippen molar-refractivity contribution in [2.24, 2.45) is 0 Å². The Morgan fingerprint density at radius 2 is 1.88 bits per heavy atom. The first kappa shape index (κ1) is 21.6. The van der Waals surface area contributed by atoms with Crippen LogP contribution in [-0.4, -0.2) is 49.7 Å². The highest BCUT2D eigenvalue weighted by atomic mass is 16.8. The number of likely N-dealkylation sites (N-methyl/N-ethyl adjacent to an activating group) is 1. The quantitative estimate of drug-likeness (QED) is 0.452. The standard InChI is InChI=1S/C18H28N2O6/c1-13(11-14-9-7-8-10-15(14)23-6)20(5)17(22)24-12-25-19-16(21)26-18(2,3)4/h7-10,13H,11-12H2,1-6H3,(H,19,21). The number of para-hydroxylation sites is 1. The molecule has 1 aromatic rings. The smallest absolute Gasteiger partial charge is 0.431 e. The van der Waals surface area contributed by atoms with E-state index < -0.39 is 24.6 Å². The molecule has 0 aliphatic carbocycles. The third-order valence-corrected chi connectivity index (χ3v) is 3.45. The maximum Gasteiger partial charge on any atom is 0.431 e. The molecule has 0 aromatic heterocycles. The zero-order valence-corrected chi connectivity index (χ0v) is 16.2. The van der Waals surface area contributed by atoms with Crippen molar-refractivity contribution < 1.29 is 28.6 Å². The molecule has 0 aliphatic rings. The summed E-state index contributed by atoms with van der Waals surface area (Å²) in [6, 6.07) is 7.50. The van der Waals surface area contributed by atoms with E-state index in [1.54, 1.807) is 34.9 Å². The average Bonchev–Trinajstić information content (AvgIpc) is 2.56. The van der Waals surface area contributed by atoms with Gasteiger partial charge in [-0.3, -0.25) is 0 Å². The van der Waals surface area contributed by atoms with Crippen molar-refractivity contribution in [1.29, 1.82) is 0 Å². The van der Waals surface area contributed by atoms with Crippen LogP contribution in [-0.2, 0) is 20.7 Å². The van der Waals surface area contributed by atoms with Crippen LogP contribution in [0.15, 0.2) is 24.3 Å². The van der Waals surface area contributed by atoms with Gasteiger partial charge >= 0.3 is 12.2 Å². The number of hydroxylamine groups is 1. The number of nitrogens with one attached hydrogen (secondary N) is 1. The second kappa shape index (κ2) is 9.86. The van der Waals surface area contributed by atoms with E-state index in [1.807, 2.05) is 36.7 Å². The molecule has 1 atom stereocenters. The molecule has 2 amide bonds. The van der Waals surface area contributed by atoms with Gasteiger partial charge < -0.3 is 19.1 Å². The molecule has 8 heteroatoms. The summed E-state index contributed by atoms with van der Waals surface area (Å²) in [6.07, 6.45) is -0.725. The Hall–Kier alpha value is -2.48. The van der Waals surface area contributed by atoms with Gasteiger partial charge in [-0.1, -0.05) is 18.2 Å². The Morgan fingerprint density at radius 3 is 2.50 bits per heavy atom. The van der Waals surface area contributed by atoms with Gasteiger partial charge in [-0.25, -0.2) is 14.4 Å². The molecule has 0 saturated carbocycles. The van der Waals surface area contributed by atoms with Crippen molar-refractivity contribution in [2.75, 3.05) is 21.0 Å². The third-order valence-electron chi connectivity index (χ3n) is 3.45. The van der Waals surface area contributed by atoms with Gasteiger partial charge in [0.25, 0.3) is 0 Å². The average molecular weight is 368 g/mol. The molecule has 8 nitrogen and oxygen atoms in total. The van der Waals surface area contributed by atoms with Crippen LogP contribution < -0.4 is 10.2 Å². The van der Waals surface area contributed by atoms with Crippen molar-refractivity contribution in [2.45, 2.75) is 45.8 Å². The lowest BCUT2D eigenvalue weighted by Crippen LogP contribution is -2.38.